The highest BCUT2D eigenvalue weighted by molar-refractivity contribution is 5.97. The van der Waals surface area contributed by atoms with Gasteiger partial charge in [-0.2, -0.15) is 0 Å². The molecule has 6 heteroatoms. The number of carbonyl (C=O) groups is 1. The van der Waals surface area contributed by atoms with Crippen LogP contribution in [0.4, 0.5) is 0 Å². The molecule has 1 N–H and O–H groups in total. The molecule has 1 amide bonds. The minimum absolute atomic E-state index is 0.164. The van der Waals surface area contributed by atoms with Gasteiger partial charge in [0.1, 0.15) is 6.33 Å². The van der Waals surface area contributed by atoms with Crippen molar-refractivity contribution in [2.24, 2.45) is 0 Å². The standard InChI is InChI=1S/C23H29N5O/c1-17(2)27-14-10-19(11-15-27)20-9-13-24-22-21(26-16-28(20)22)23(29)25-12-8-18-6-4-3-5-7-18/h3-7,9,13,16-17,19H,8,10-12,14-15H2,1-2H3,(H,25,29). The molecule has 29 heavy (non-hydrogen) atoms. The maximum Gasteiger partial charge on any atom is 0.273 e. The first-order valence-corrected chi connectivity index (χ1v) is 10.5. The fourth-order valence-corrected chi connectivity index (χ4v) is 4.17. The van der Waals surface area contributed by atoms with Gasteiger partial charge in [-0.05, 0) is 57.8 Å². The minimum Gasteiger partial charge on any atom is -0.350 e. The summed E-state index contributed by atoms with van der Waals surface area (Å²) in [4.78, 5) is 24.1. The molecule has 0 radical (unpaired) electrons. The van der Waals surface area contributed by atoms with Gasteiger partial charge in [0.2, 0.25) is 0 Å². The molecule has 6 nitrogen and oxygen atoms in total. The van der Waals surface area contributed by atoms with Crippen molar-refractivity contribution in [3.63, 3.8) is 0 Å². The second kappa shape index (κ2) is 8.74. The zero-order valence-electron chi connectivity index (χ0n) is 17.2. The van der Waals surface area contributed by atoms with Gasteiger partial charge in [0.05, 0.1) is 0 Å². The van der Waals surface area contributed by atoms with Crippen molar-refractivity contribution < 1.29 is 4.79 Å². The monoisotopic (exact) mass is 391 g/mol. The maximum absolute atomic E-state index is 12.7. The van der Waals surface area contributed by atoms with Crippen LogP contribution in [0.5, 0.6) is 0 Å². The smallest absolute Gasteiger partial charge is 0.273 e. The number of rotatable bonds is 6. The van der Waals surface area contributed by atoms with E-state index in [2.05, 4.69) is 52.2 Å². The number of carbonyl (C=O) groups excluding carboxylic acids is 1. The Morgan fingerprint density at radius 1 is 1.14 bits per heavy atom. The Morgan fingerprint density at radius 2 is 1.90 bits per heavy atom. The van der Waals surface area contributed by atoms with Crippen LogP contribution in [-0.4, -0.2) is 50.9 Å². The molecule has 0 unspecified atom stereocenters. The summed E-state index contributed by atoms with van der Waals surface area (Å²) in [5.41, 5.74) is 3.45. The minimum atomic E-state index is -0.164. The van der Waals surface area contributed by atoms with E-state index in [1.54, 1.807) is 6.33 Å². The number of imidazole rings is 1. The number of hydrogen-bond acceptors (Lipinski definition) is 4. The van der Waals surface area contributed by atoms with E-state index < -0.39 is 0 Å². The van der Waals surface area contributed by atoms with Gasteiger partial charge < -0.3 is 10.2 Å². The molecule has 0 aliphatic carbocycles. The van der Waals surface area contributed by atoms with Gasteiger partial charge in [0.15, 0.2) is 11.3 Å². The summed E-state index contributed by atoms with van der Waals surface area (Å²) >= 11 is 0. The fourth-order valence-electron chi connectivity index (χ4n) is 4.17. The molecule has 1 aliphatic rings. The van der Waals surface area contributed by atoms with Crippen LogP contribution in [0.2, 0.25) is 0 Å². The summed E-state index contributed by atoms with van der Waals surface area (Å²) in [5.74, 6) is 0.307. The third kappa shape index (κ3) is 4.32. The molecular formula is C23H29N5O. The van der Waals surface area contributed by atoms with Crippen molar-refractivity contribution >= 4 is 11.6 Å². The predicted octanol–water partition coefficient (Wildman–Crippen LogP) is 3.29. The fraction of sp³-hybridized carbons (Fsp3) is 0.435. The molecule has 0 spiro atoms. The van der Waals surface area contributed by atoms with Crippen LogP contribution in [0, 0.1) is 0 Å². The van der Waals surface area contributed by atoms with Crippen LogP contribution in [0.25, 0.3) is 5.65 Å². The molecule has 2 aromatic heterocycles. The number of amides is 1. The summed E-state index contributed by atoms with van der Waals surface area (Å²) in [5, 5.41) is 2.98. The van der Waals surface area contributed by atoms with Crippen molar-refractivity contribution in [2.75, 3.05) is 19.6 Å². The van der Waals surface area contributed by atoms with Gasteiger partial charge in [-0.25, -0.2) is 9.97 Å². The molecule has 152 valence electrons. The molecule has 1 fully saturated rings. The first-order chi connectivity index (χ1) is 14.1. The summed E-state index contributed by atoms with van der Waals surface area (Å²) in [6.07, 6.45) is 6.59. The molecule has 0 atom stereocenters. The zero-order chi connectivity index (χ0) is 20.2. The Balaban J connectivity index is 1.45. The topological polar surface area (TPSA) is 62.5 Å². The van der Waals surface area contributed by atoms with Crippen molar-refractivity contribution in [1.29, 1.82) is 0 Å². The Morgan fingerprint density at radius 3 is 2.62 bits per heavy atom. The van der Waals surface area contributed by atoms with Gasteiger partial charge >= 0.3 is 0 Å². The predicted molar refractivity (Wildman–Crippen MR) is 114 cm³/mol. The molecule has 3 aromatic rings. The van der Waals surface area contributed by atoms with Crippen LogP contribution >= 0.6 is 0 Å². The SMILES string of the molecule is CC(C)N1CCC(c2ccnc3c(C(=O)NCCc4ccccc4)ncn23)CC1. The van der Waals surface area contributed by atoms with Crippen LogP contribution in [0.1, 0.15) is 54.4 Å². The lowest BCUT2D eigenvalue weighted by atomic mass is 9.92. The van der Waals surface area contributed by atoms with Crippen LogP contribution < -0.4 is 5.32 Å². The Hall–Kier alpha value is -2.73. The average molecular weight is 392 g/mol. The summed E-state index contributed by atoms with van der Waals surface area (Å²) < 4.78 is 2.00. The van der Waals surface area contributed by atoms with E-state index >= 15 is 0 Å². The number of hydrogen-bond donors (Lipinski definition) is 1. The second-order valence-electron chi connectivity index (χ2n) is 8.05. The highest BCUT2D eigenvalue weighted by atomic mass is 16.1. The highest BCUT2D eigenvalue weighted by Gasteiger charge is 2.25. The van der Waals surface area contributed by atoms with Crippen molar-refractivity contribution in [3.8, 4) is 0 Å². The quantitative estimate of drug-likeness (QED) is 0.700. The molecule has 0 saturated carbocycles. The van der Waals surface area contributed by atoms with Gasteiger partial charge in [0, 0.05) is 30.4 Å². The molecule has 1 aliphatic heterocycles. The number of piperidine rings is 1. The summed E-state index contributed by atoms with van der Waals surface area (Å²) in [6.45, 7) is 7.30. The molecular weight excluding hydrogens is 362 g/mol. The van der Waals surface area contributed by atoms with Crippen molar-refractivity contribution in [3.05, 3.63) is 65.9 Å². The number of aromatic nitrogens is 3. The first kappa shape index (κ1) is 19.6. The lowest BCUT2D eigenvalue weighted by molar-refractivity contribution is 0.0951. The number of nitrogens with one attached hydrogen (secondary N) is 1. The number of nitrogens with zero attached hydrogens (tertiary/aromatic N) is 4. The molecule has 1 saturated heterocycles. The van der Waals surface area contributed by atoms with Gasteiger partial charge in [-0.1, -0.05) is 30.3 Å². The zero-order valence-corrected chi connectivity index (χ0v) is 17.2. The average Bonchev–Trinajstić information content (AvgIpc) is 3.19. The lowest BCUT2D eigenvalue weighted by Gasteiger charge is -2.34. The highest BCUT2D eigenvalue weighted by Crippen LogP contribution is 2.29. The first-order valence-electron chi connectivity index (χ1n) is 10.5. The van der Waals surface area contributed by atoms with Gasteiger partial charge in [0.25, 0.3) is 5.91 Å². The Bertz CT molecular complexity index is 958. The molecule has 3 heterocycles. The van der Waals surface area contributed by atoms with E-state index in [4.69, 9.17) is 0 Å². The second-order valence-corrected chi connectivity index (χ2v) is 8.05. The van der Waals surface area contributed by atoms with Gasteiger partial charge in [-0.15, -0.1) is 0 Å². The van der Waals surface area contributed by atoms with E-state index in [0.29, 0.717) is 29.8 Å². The number of benzene rings is 1. The van der Waals surface area contributed by atoms with Crippen molar-refractivity contribution in [2.45, 2.75) is 45.1 Å². The lowest BCUT2D eigenvalue weighted by Crippen LogP contribution is -2.38. The van der Waals surface area contributed by atoms with Crippen molar-refractivity contribution in [1.82, 2.24) is 24.6 Å². The van der Waals surface area contributed by atoms with Crippen LogP contribution in [-0.2, 0) is 6.42 Å². The number of fused-ring (bicyclic) bond motifs is 1. The largest absolute Gasteiger partial charge is 0.350 e. The van der Waals surface area contributed by atoms with E-state index in [-0.39, 0.29) is 5.91 Å². The van der Waals surface area contributed by atoms with E-state index in [1.165, 1.54) is 11.3 Å². The van der Waals surface area contributed by atoms with Crippen LogP contribution in [0.15, 0.2) is 48.9 Å². The molecule has 0 bridgehead atoms. The maximum atomic E-state index is 12.7. The number of likely N-dealkylation sites (tertiary alicyclic amines) is 1. The third-order valence-corrected chi connectivity index (χ3v) is 5.90. The summed E-state index contributed by atoms with van der Waals surface area (Å²) in [7, 11) is 0. The van der Waals surface area contributed by atoms with Crippen LogP contribution in [0.3, 0.4) is 0 Å². The molecule has 1 aromatic carbocycles. The van der Waals surface area contributed by atoms with E-state index in [9.17, 15) is 4.79 Å². The Kier molecular flexibility index (Phi) is 5.90. The third-order valence-electron chi connectivity index (χ3n) is 5.90. The normalized spacial score (nSPS) is 15.8. The molecule has 4 rings (SSSR count). The van der Waals surface area contributed by atoms with E-state index in [0.717, 1.165) is 32.4 Å². The summed E-state index contributed by atoms with van der Waals surface area (Å²) in [6, 6.07) is 12.8. The van der Waals surface area contributed by atoms with Gasteiger partial charge in [-0.3, -0.25) is 9.20 Å². The Labute approximate surface area is 172 Å². The van der Waals surface area contributed by atoms with E-state index in [1.807, 2.05) is 28.8 Å².